The summed E-state index contributed by atoms with van der Waals surface area (Å²) in [6.07, 6.45) is 0.403. The lowest BCUT2D eigenvalue weighted by molar-refractivity contribution is -0.147. The van der Waals surface area contributed by atoms with Crippen LogP contribution in [0.3, 0.4) is 0 Å². The van der Waals surface area contributed by atoms with Gasteiger partial charge in [0.05, 0.1) is 16.1 Å². The summed E-state index contributed by atoms with van der Waals surface area (Å²) < 4.78 is 0. The van der Waals surface area contributed by atoms with E-state index in [9.17, 15) is 9.59 Å². The summed E-state index contributed by atoms with van der Waals surface area (Å²) in [7, 11) is 0. The molecule has 1 aromatic rings. The van der Waals surface area contributed by atoms with E-state index < -0.39 is 17.4 Å². The highest BCUT2D eigenvalue weighted by Crippen LogP contribution is 2.28. The standard InChI is InChI=1S/C14H18Cl2N2O3/c1-4-14(3,12(19)20)7-17-13(21)18-11-6-9(15)8(2)5-10(11)16/h5-6H,4,7H2,1-3H3,(H,19,20)(H2,17,18,21). The van der Waals surface area contributed by atoms with Gasteiger partial charge in [-0.2, -0.15) is 0 Å². The van der Waals surface area contributed by atoms with Crippen LogP contribution < -0.4 is 10.6 Å². The number of aliphatic carboxylic acids is 1. The highest BCUT2D eigenvalue weighted by Gasteiger charge is 2.31. The zero-order valence-corrected chi connectivity index (χ0v) is 13.6. The fourth-order valence-corrected chi connectivity index (χ4v) is 1.96. The van der Waals surface area contributed by atoms with Gasteiger partial charge in [0.25, 0.3) is 0 Å². The van der Waals surface area contributed by atoms with Gasteiger partial charge in [-0.1, -0.05) is 30.1 Å². The third-order valence-electron chi connectivity index (χ3n) is 3.43. The molecule has 0 spiro atoms. The number of benzene rings is 1. The van der Waals surface area contributed by atoms with Crippen molar-refractivity contribution in [3.8, 4) is 0 Å². The molecule has 0 saturated carbocycles. The van der Waals surface area contributed by atoms with Crippen LogP contribution in [0.5, 0.6) is 0 Å². The molecule has 0 fully saturated rings. The highest BCUT2D eigenvalue weighted by atomic mass is 35.5. The summed E-state index contributed by atoms with van der Waals surface area (Å²) in [4.78, 5) is 23.0. The smallest absolute Gasteiger partial charge is 0.319 e. The van der Waals surface area contributed by atoms with Crippen molar-refractivity contribution >= 4 is 40.9 Å². The first-order valence-electron chi connectivity index (χ1n) is 6.43. The molecule has 21 heavy (non-hydrogen) atoms. The van der Waals surface area contributed by atoms with E-state index in [1.165, 1.54) is 0 Å². The number of anilines is 1. The van der Waals surface area contributed by atoms with Gasteiger partial charge < -0.3 is 15.7 Å². The average molecular weight is 333 g/mol. The lowest BCUT2D eigenvalue weighted by atomic mass is 9.88. The second kappa shape index (κ2) is 7.00. The number of urea groups is 1. The van der Waals surface area contributed by atoms with Gasteiger partial charge in [0, 0.05) is 11.6 Å². The Bertz CT molecular complexity index is 563. The molecule has 1 rings (SSSR count). The number of carbonyl (C=O) groups is 2. The number of halogens is 2. The van der Waals surface area contributed by atoms with E-state index in [0.29, 0.717) is 22.2 Å². The van der Waals surface area contributed by atoms with E-state index in [1.807, 2.05) is 0 Å². The van der Waals surface area contributed by atoms with Gasteiger partial charge in [0.15, 0.2) is 0 Å². The molecule has 7 heteroatoms. The predicted octanol–water partition coefficient (Wildman–Crippen LogP) is 3.92. The lowest BCUT2D eigenvalue weighted by Gasteiger charge is -2.23. The van der Waals surface area contributed by atoms with Crippen molar-refractivity contribution in [2.24, 2.45) is 5.41 Å². The van der Waals surface area contributed by atoms with Crippen LogP contribution in [0.1, 0.15) is 25.8 Å². The van der Waals surface area contributed by atoms with E-state index in [1.54, 1.807) is 32.9 Å². The largest absolute Gasteiger partial charge is 0.481 e. The molecular formula is C14H18Cl2N2O3. The molecule has 0 aliphatic heterocycles. The van der Waals surface area contributed by atoms with Gasteiger partial charge in [-0.05, 0) is 38.0 Å². The molecule has 0 aromatic heterocycles. The van der Waals surface area contributed by atoms with Crippen LogP contribution in [-0.4, -0.2) is 23.7 Å². The van der Waals surface area contributed by atoms with E-state index in [2.05, 4.69) is 10.6 Å². The monoisotopic (exact) mass is 332 g/mol. The summed E-state index contributed by atoms with van der Waals surface area (Å²) in [5.74, 6) is -0.957. The minimum Gasteiger partial charge on any atom is -0.481 e. The summed E-state index contributed by atoms with van der Waals surface area (Å²) in [6, 6.07) is 2.67. The number of nitrogens with one attached hydrogen (secondary N) is 2. The molecule has 1 unspecified atom stereocenters. The molecular weight excluding hydrogens is 315 g/mol. The van der Waals surface area contributed by atoms with Gasteiger partial charge >= 0.3 is 12.0 Å². The number of amides is 2. The van der Waals surface area contributed by atoms with Gasteiger partial charge in [-0.25, -0.2) is 4.79 Å². The van der Waals surface area contributed by atoms with E-state index in [0.717, 1.165) is 5.56 Å². The Hall–Kier alpha value is -1.46. The molecule has 5 nitrogen and oxygen atoms in total. The Kier molecular flexibility index (Phi) is 5.87. The SMILES string of the molecule is CCC(C)(CNC(=O)Nc1cc(Cl)c(C)cc1Cl)C(=O)O. The zero-order valence-electron chi connectivity index (χ0n) is 12.1. The zero-order chi connectivity index (χ0) is 16.2. The first-order valence-corrected chi connectivity index (χ1v) is 7.19. The van der Waals surface area contributed by atoms with Crippen LogP contribution in [0, 0.1) is 12.3 Å². The van der Waals surface area contributed by atoms with Crippen molar-refractivity contribution in [1.82, 2.24) is 5.32 Å². The van der Waals surface area contributed by atoms with Gasteiger partial charge in [0.2, 0.25) is 0 Å². The fraction of sp³-hybridized carbons (Fsp3) is 0.429. The van der Waals surface area contributed by atoms with Gasteiger partial charge in [-0.15, -0.1) is 0 Å². The van der Waals surface area contributed by atoms with E-state index in [4.69, 9.17) is 28.3 Å². The maximum atomic E-state index is 11.8. The Morgan fingerprint density at radius 1 is 1.29 bits per heavy atom. The Balaban J connectivity index is 2.71. The van der Waals surface area contributed by atoms with Gasteiger partial charge in [-0.3, -0.25) is 4.79 Å². The van der Waals surface area contributed by atoms with Crippen molar-refractivity contribution in [2.45, 2.75) is 27.2 Å². The van der Waals surface area contributed by atoms with Crippen LogP contribution in [0.4, 0.5) is 10.5 Å². The summed E-state index contributed by atoms with van der Waals surface area (Å²) in [6.45, 7) is 5.15. The molecule has 116 valence electrons. The lowest BCUT2D eigenvalue weighted by Crippen LogP contribution is -2.42. The molecule has 0 bridgehead atoms. The third-order valence-corrected chi connectivity index (χ3v) is 4.15. The minimum atomic E-state index is -1.01. The van der Waals surface area contributed by atoms with Crippen LogP contribution in [0.15, 0.2) is 12.1 Å². The predicted molar refractivity (Wildman–Crippen MR) is 84.3 cm³/mol. The molecule has 1 aromatic carbocycles. The quantitative estimate of drug-likeness (QED) is 0.764. The first-order chi connectivity index (χ1) is 9.69. The summed E-state index contributed by atoms with van der Waals surface area (Å²) in [5.41, 5.74) is 0.168. The third kappa shape index (κ3) is 4.51. The topological polar surface area (TPSA) is 78.4 Å². The number of aryl methyl sites for hydroxylation is 1. The van der Waals surface area contributed by atoms with Crippen molar-refractivity contribution in [3.63, 3.8) is 0 Å². The number of carboxylic acid groups (broad SMARTS) is 1. The molecule has 0 radical (unpaired) electrons. The second-order valence-electron chi connectivity index (χ2n) is 5.11. The second-order valence-corrected chi connectivity index (χ2v) is 5.92. The highest BCUT2D eigenvalue weighted by molar-refractivity contribution is 6.36. The maximum absolute atomic E-state index is 11.8. The number of carbonyl (C=O) groups excluding carboxylic acids is 1. The molecule has 0 saturated heterocycles. The Morgan fingerprint density at radius 2 is 1.90 bits per heavy atom. The molecule has 0 aliphatic rings. The normalized spacial score (nSPS) is 13.4. The Morgan fingerprint density at radius 3 is 2.43 bits per heavy atom. The van der Waals surface area contributed by atoms with E-state index in [-0.39, 0.29) is 6.54 Å². The average Bonchev–Trinajstić information content (AvgIpc) is 2.42. The number of rotatable bonds is 5. The van der Waals surface area contributed by atoms with Crippen molar-refractivity contribution < 1.29 is 14.7 Å². The van der Waals surface area contributed by atoms with E-state index >= 15 is 0 Å². The Labute approximate surface area is 133 Å². The number of carboxylic acids is 1. The first kappa shape index (κ1) is 17.6. The number of hydrogen-bond donors (Lipinski definition) is 3. The molecule has 1 atom stereocenters. The van der Waals surface area contributed by atoms with Crippen LogP contribution in [0.2, 0.25) is 10.0 Å². The molecule has 3 N–H and O–H groups in total. The maximum Gasteiger partial charge on any atom is 0.319 e. The molecule has 0 heterocycles. The molecule has 2 amide bonds. The number of hydrogen-bond acceptors (Lipinski definition) is 2. The van der Waals surface area contributed by atoms with Crippen LogP contribution >= 0.6 is 23.2 Å². The fourth-order valence-electron chi connectivity index (χ4n) is 1.54. The van der Waals surface area contributed by atoms with Gasteiger partial charge in [0.1, 0.15) is 0 Å². The van der Waals surface area contributed by atoms with Crippen molar-refractivity contribution in [2.75, 3.05) is 11.9 Å². The van der Waals surface area contributed by atoms with Crippen molar-refractivity contribution in [3.05, 3.63) is 27.7 Å². The van der Waals surface area contributed by atoms with Crippen LogP contribution in [-0.2, 0) is 4.79 Å². The summed E-state index contributed by atoms with van der Waals surface area (Å²) in [5, 5.41) is 15.1. The minimum absolute atomic E-state index is 0.0158. The summed E-state index contributed by atoms with van der Waals surface area (Å²) >= 11 is 12.0. The molecule has 0 aliphatic carbocycles. The van der Waals surface area contributed by atoms with Crippen molar-refractivity contribution in [1.29, 1.82) is 0 Å². The van der Waals surface area contributed by atoms with Crippen LogP contribution in [0.25, 0.3) is 0 Å².